The van der Waals surface area contributed by atoms with E-state index in [1.54, 1.807) is 18.3 Å². The SMILES string of the molecule is CCCCN(CCC(=O)O)c1sc(CC)cc1C(=O)OCC. The topological polar surface area (TPSA) is 66.8 Å². The van der Waals surface area contributed by atoms with Crippen molar-refractivity contribution in [2.45, 2.75) is 46.5 Å². The van der Waals surface area contributed by atoms with Gasteiger partial charge in [-0.25, -0.2) is 4.79 Å². The number of aliphatic carboxylic acids is 1. The highest BCUT2D eigenvalue weighted by molar-refractivity contribution is 7.16. The van der Waals surface area contributed by atoms with Gasteiger partial charge >= 0.3 is 11.9 Å². The van der Waals surface area contributed by atoms with Crippen molar-refractivity contribution in [3.8, 4) is 0 Å². The first-order chi connectivity index (χ1) is 10.5. The lowest BCUT2D eigenvalue weighted by Gasteiger charge is -2.23. The van der Waals surface area contributed by atoms with Crippen LogP contribution in [0.15, 0.2) is 6.07 Å². The minimum atomic E-state index is -0.827. The highest BCUT2D eigenvalue weighted by atomic mass is 32.1. The Labute approximate surface area is 135 Å². The van der Waals surface area contributed by atoms with Gasteiger partial charge in [0.25, 0.3) is 0 Å². The number of anilines is 1. The van der Waals surface area contributed by atoms with E-state index in [1.807, 2.05) is 17.9 Å². The van der Waals surface area contributed by atoms with Gasteiger partial charge < -0.3 is 14.7 Å². The summed E-state index contributed by atoms with van der Waals surface area (Å²) in [6.07, 6.45) is 2.88. The third-order valence-electron chi connectivity index (χ3n) is 3.27. The number of aryl methyl sites for hydroxylation is 1. The summed E-state index contributed by atoms with van der Waals surface area (Å²) in [5.41, 5.74) is 0.560. The number of esters is 1. The molecule has 0 aliphatic carbocycles. The van der Waals surface area contributed by atoms with Crippen molar-refractivity contribution in [3.05, 3.63) is 16.5 Å². The van der Waals surface area contributed by atoms with Gasteiger partial charge in [0.2, 0.25) is 0 Å². The Morgan fingerprint density at radius 3 is 2.55 bits per heavy atom. The highest BCUT2D eigenvalue weighted by Gasteiger charge is 2.21. The van der Waals surface area contributed by atoms with E-state index in [2.05, 4.69) is 6.92 Å². The number of unbranched alkanes of at least 4 members (excludes halogenated alkanes) is 1. The molecule has 0 atom stereocenters. The fourth-order valence-corrected chi connectivity index (χ4v) is 3.22. The minimum Gasteiger partial charge on any atom is -0.481 e. The fraction of sp³-hybridized carbons (Fsp3) is 0.625. The first kappa shape index (κ1) is 18.5. The summed E-state index contributed by atoms with van der Waals surface area (Å²) in [7, 11) is 0. The third kappa shape index (κ3) is 5.33. The molecule has 0 aliphatic rings. The van der Waals surface area contributed by atoms with Gasteiger partial charge in [-0.05, 0) is 25.8 Å². The van der Waals surface area contributed by atoms with E-state index < -0.39 is 5.97 Å². The summed E-state index contributed by atoms with van der Waals surface area (Å²) in [5, 5.41) is 9.77. The maximum absolute atomic E-state index is 12.2. The Hall–Kier alpha value is -1.56. The lowest BCUT2D eigenvalue weighted by atomic mass is 10.2. The molecule has 0 radical (unpaired) electrons. The summed E-state index contributed by atoms with van der Waals surface area (Å²) in [5.74, 6) is -1.16. The molecule has 0 spiro atoms. The zero-order chi connectivity index (χ0) is 16.5. The van der Waals surface area contributed by atoms with Crippen molar-refractivity contribution in [3.63, 3.8) is 0 Å². The number of carboxylic acids is 1. The molecule has 1 aromatic rings. The van der Waals surface area contributed by atoms with Gasteiger partial charge in [0.15, 0.2) is 0 Å². The van der Waals surface area contributed by atoms with Gasteiger partial charge in [0, 0.05) is 18.0 Å². The molecule has 1 heterocycles. The molecule has 1 aromatic heterocycles. The highest BCUT2D eigenvalue weighted by Crippen LogP contribution is 2.33. The molecule has 0 saturated carbocycles. The van der Waals surface area contributed by atoms with Gasteiger partial charge in [0.05, 0.1) is 18.6 Å². The summed E-state index contributed by atoms with van der Waals surface area (Å²) in [4.78, 5) is 26.1. The number of hydrogen-bond acceptors (Lipinski definition) is 5. The van der Waals surface area contributed by atoms with E-state index in [9.17, 15) is 9.59 Å². The Morgan fingerprint density at radius 2 is 2.00 bits per heavy atom. The van der Waals surface area contributed by atoms with Crippen molar-refractivity contribution in [2.24, 2.45) is 0 Å². The molecule has 124 valence electrons. The number of carbonyl (C=O) groups is 2. The van der Waals surface area contributed by atoms with Crippen LogP contribution in [0.25, 0.3) is 0 Å². The lowest BCUT2D eigenvalue weighted by Crippen LogP contribution is -2.28. The van der Waals surface area contributed by atoms with Gasteiger partial charge in [-0.15, -0.1) is 11.3 Å². The van der Waals surface area contributed by atoms with Crippen LogP contribution in [0.4, 0.5) is 5.00 Å². The number of hydrogen-bond donors (Lipinski definition) is 1. The van der Waals surface area contributed by atoms with Crippen LogP contribution < -0.4 is 4.90 Å². The molecule has 1 rings (SSSR count). The Kier molecular flexibility index (Phi) is 7.95. The quantitative estimate of drug-likeness (QED) is 0.665. The molecule has 22 heavy (non-hydrogen) atoms. The van der Waals surface area contributed by atoms with Crippen molar-refractivity contribution < 1.29 is 19.4 Å². The van der Waals surface area contributed by atoms with E-state index >= 15 is 0 Å². The van der Waals surface area contributed by atoms with Crippen molar-refractivity contribution in [1.29, 1.82) is 0 Å². The first-order valence-electron chi connectivity index (χ1n) is 7.79. The second kappa shape index (κ2) is 9.46. The van der Waals surface area contributed by atoms with Crippen LogP contribution >= 0.6 is 11.3 Å². The molecule has 0 bridgehead atoms. The van der Waals surface area contributed by atoms with Crippen LogP contribution in [0.5, 0.6) is 0 Å². The normalized spacial score (nSPS) is 10.5. The molecule has 0 saturated heterocycles. The minimum absolute atomic E-state index is 0.0609. The Bertz CT molecular complexity index is 498. The number of carbonyl (C=O) groups excluding carboxylic acids is 1. The Balaban J connectivity index is 3.05. The van der Waals surface area contributed by atoms with Crippen LogP contribution in [0.1, 0.15) is 55.3 Å². The second-order valence-electron chi connectivity index (χ2n) is 4.99. The molecule has 0 amide bonds. The molecule has 0 aromatic carbocycles. The van der Waals surface area contributed by atoms with Crippen molar-refractivity contribution in [1.82, 2.24) is 0 Å². The number of thiophene rings is 1. The molecule has 0 unspecified atom stereocenters. The zero-order valence-corrected chi connectivity index (χ0v) is 14.4. The van der Waals surface area contributed by atoms with Gasteiger partial charge in [-0.3, -0.25) is 4.79 Å². The smallest absolute Gasteiger partial charge is 0.341 e. The van der Waals surface area contributed by atoms with Crippen LogP contribution in [0.3, 0.4) is 0 Å². The van der Waals surface area contributed by atoms with Gasteiger partial charge in [0.1, 0.15) is 5.00 Å². The van der Waals surface area contributed by atoms with Crippen LogP contribution in [0, 0.1) is 0 Å². The van der Waals surface area contributed by atoms with E-state index in [1.165, 1.54) is 0 Å². The number of rotatable bonds is 10. The average molecular weight is 327 g/mol. The van der Waals surface area contributed by atoms with Crippen LogP contribution in [-0.4, -0.2) is 36.7 Å². The number of nitrogens with zero attached hydrogens (tertiary/aromatic N) is 1. The fourth-order valence-electron chi connectivity index (χ4n) is 2.09. The lowest BCUT2D eigenvalue weighted by molar-refractivity contribution is -0.136. The third-order valence-corrected chi connectivity index (χ3v) is 4.61. The largest absolute Gasteiger partial charge is 0.481 e. The second-order valence-corrected chi connectivity index (χ2v) is 6.11. The van der Waals surface area contributed by atoms with E-state index in [4.69, 9.17) is 9.84 Å². The van der Waals surface area contributed by atoms with Gasteiger partial charge in [-0.2, -0.15) is 0 Å². The zero-order valence-electron chi connectivity index (χ0n) is 13.6. The maximum Gasteiger partial charge on any atom is 0.341 e. The Morgan fingerprint density at radius 1 is 1.27 bits per heavy atom. The van der Waals surface area contributed by atoms with E-state index in [0.29, 0.717) is 18.7 Å². The molecular formula is C16H25NO4S. The molecule has 0 fully saturated rings. The average Bonchev–Trinajstić information content (AvgIpc) is 2.91. The molecule has 0 aliphatic heterocycles. The molecule has 1 N–H and O–H groups in total. The monoisotopic (exact) mass is 327 g/mol. The maximum atomic E-state index is 12.2. The van der Waals surface area contributed by atoms with E-state index in [-0.39, 0.29) is 12.4 Å². The predicted octanol–water partition coefficient (Wildman–Crippen LogP) is 3.57. The van der Waals surface area contributed by atoms with Crippen LogP contribution in [0.2, 0.25) is 0 Å². The standard InChI is InChI=1S/C16H25NO4S/c1-4-7-9-17(10-8-14(18)19)15-13(16(20)21-6-3)11-12(5-2)22-15/h11H,4-10H2,1-3H3,(H,18,19). The molecule has 5 nitrogen and oxygen atoms in total. The number of carboxylic acid groups (broad SMARTS) is 1. The van der Waals surface area contributed by atoms with Crippen LogP contribution in [-0.2, 0) is 16.0 Å². The summed E-state index contributed by atoms with van der Waals surface area (Å²) in [6.45, 7) is 7.40. The molecular weight excluding hydrogens is 302 g/mol. The molecule has 6 heteroatoms. The van der Waals surface area contributed by atoms with Crippen molar-refractivity contribution in [2.75, 3.05) is 24.6 Å². The summed E-state index contributed by atoms with van der Waals surface area (Å²) >= 11 is 1.56. The summed E-state index contributed by atoms with van der Waals surface area (Å²) < 4.78 is 5.13. The summed E-state index contributed by atoms with van der Waals surface area (Å²) in [6, 6.07) is 1.87. The number of ether oxygens (including phenoxy) is 1. The van der Waals surface area contributed by atoms with E-state index in [0.717, 1.165) is 35.7 Å². The van der Waals surface area contributed by atoms with Crippen molar-refractivity contribution >= 4 is 28.3 Å². The van der Waals surface area contributed by atoms with Gasteiger partial charge in [-0.1, -0.05) is 20.3 Å². The first-order valence-corrected chi connectivity index (χ1v) is 8.61. The predicted molar refractivity (Wildman–Crippen MR) is 89.0 cm³/mol.